The Morgan fingerprint density at radius 1 is 1.17 bits per heavy atom. The molecule has 1 heterocycles. The monoisotopic (exact) mass is 329 g/mol. The van der Waals surface area contributed by atoms with E-state index in [2.05, 4.69) is 29.1 Å². The van der Waals surface area contributed by atoms with E-state index >= 15 is 0 Å². The van der Waals surface area contributed by atoms with Crippen LogP contribution in [-0.4, -0.2) is 15.9 Å². The number of hydrogen-bond donors (Lipinski definition) is 2. The number of benzene rings is 2. The molecule has 0 unspecified atom stereocenters. The van der Waals surface area contributed by atoms with Crippen molar-refractivity contribution >= 4 is 22.6 Å². The molecule has 0 atom stereocenters. The number of carbonyl (C=O) groups excluding carboxylic acids is 1. The number of aromatic nitrogens is 2. The van der Waals surface area contributed by atoms with Gasteiger partial charge in [0, 0.05) is 11.3 Å². The number of H-pyrrole nitrogens is 1. The Labute approximate surface area is 137 Å². The molecule has 0 spiro atoms. The molecule has 0 aliphatic carbocycles. The first-order valence-corrected chi connectivity index (χ1v) is 7.63. The number of hydrogen-bond acceptors (Lipinski definition) is 2. The first-order chi connectivity index (χ1) is 11.4. The van der Waals surface area contributed by atoms with Crippen molar-refractivity contribution in [2.75, 3.05) is 5.32 Å². The lowest BCUT2D eigenvalue weighted by molar-refractivity contribution is 0.102. The van der Waals surface area contributed by atoms with Crippen LogP contribution in [0.5, 0.6) is 0 Å². The van der Waals surface area contributed by atoms with E-state index in [1.54, 1.807) is 12.1 Å². The SMILES string of the molecule is CC(C)c1cccc(NC(=O)c2ccc3nc(C(F)F)[nH]c3c2)c1. The van der Waals surface area contributed by atoms with Gasteiger partial charge in [-0.1, -0.05) is 26.0 Å². The minimum atomic E-state index is -2.67. The van der Waals surface area contributed by atoms with Gasteiger partial charge in [-0.15, -0.1) is 0 Å². The zero-order chi connectivity index (χ0) is 17.3. The summed E-state index contributed by atoms with van der Waals surface area (Å²) in [5, 5.41) is 2.83. The van der Waals surface area contributed by atoms with Gasteiger partial charge in [-0.3, -0.25) is 4.79 Å². The second kappa shape index (κ2) is 6.39. The molecule has 0 fully saturated rings. The molecule has 2 N–H and O–H groups in total. The van der Waals surface area contributed by atoms with E-state index in [1.165, 1.54) is 6.07 Å². The van der Waals surface area contributed by atoms with Crippen LogP contribution < -0.4 is 5.32 Å². The molecule has 3 rings (SSSR count). The molecule has 0 aliphatic heterocycles. The van der Waals surface area contributed by atoms with Gasteiger partial charge < -0.3 is 10.3 Å². The highest BCUT2D eigenvalue weighted by atomic mass is 19.3. The number of aromatic amines is 1. The van der Waals surface area contributed by atoms with Crippen molar-refractivity contribution in [3.05, 3.63) is 59.4 Å². The fourth-order valence-electron chi connectivity index (χ4n) is 2.45. The molecule has 3 aromatic rings. The smallest absolute Gasteiger partial charge is 0.295 e. The number of fused-ring (bicyclic) bond motifs is 1. The van der Waals surface area contributed by atoms with Gasteiger partial charge in [0.25, 0.3) is 12.3 Å². The number of carbonyl (C=O) groups is 1. The summed E-state index contributed by atoms with van der Waals surface area (Å²) in [5.41, 5.74) is 3.02. The van der Waals surface area contributed by atoms with Gasteiger partial charge in [0.1, 0.15) is 0 Å². The van der Waals surface area contributed by atoms with E-state index < -0.39 is 12.2 Å². The maximum absolute atomic E-state index is 12.7. The third kappa shape index (κ3) is 3.27. The lowest BCUT2D eigenvalue weighted by atomic mass is 10.0. The van der Waals surface area contributed by atoms with Crippen LogP contribution in [0.1, 0.15) is 47.9 Å². The summed E-state index contributed by atoms with van der Waals surface area (Å²) < 4.78 is 25.4. The quantitative estimate of drug-likeness (QED) is 0.717. The maximum Gasteiger partial charge on any atom is 0.295 e. The van der Waals surface area contributed by atoms with E-state index in [0.29, 0.717) is 28.2 Å². The topological polar surface area (TPSA) is 57.8 Å². The zero-order valence-corrected chi connectivity index (χ0v) is 13.3. The number of nitrogens with zero attached hydrogens (tertiary/aromatic N) is 1. The van der Waals surface area contributed by atoms with Gasteiger partial charge in [-0.2, -0.15) is 0 Å². The fourth-order valence-corrected chi connectivity index (χ4v) is 2.45. The van der Waals surface area contributed by atoms with E-state index in [0.717, 1.165) is 5.56 Å². The van der Waals surface area contributed by atoms with Crippen LogP contribution in [0.4, 0.5) is 14.5 Å². The number of rotatable bonds is 4. The standard InChI is InChI=1S/C18H17F2N3O/c1-10(2)11-4-3-5-13(8-11)21-18(24)12-6-7-14-15(9-12)23-17(22-14)16(19)20/h3-10,16H,1-2H3,(H,21,24)(H,22,23). The summed E-state index contributed by atoms with van der Waals surface area (Å²) in [6, 6.07) is 12.3. The number of nitrogens with one attached hydrogen (secondary N) is 2. The molecule has 24 heavy (non-hydrogen) atoms. The van der Waals surface area contributed by atoms with Gasteiger partial charge in [-0.05, 0) is 41.8 Å². The molecular formula is C18H17F2N3O. The van der Waals surface area contributed by atoms with Crippen molar-refractivity contribution in [2.24, 2.45) is 0 Å². The van der Waals surface area contributed by atoms with Gasteiger partial charge >= 0.3 is 0 Å². The number of halogens is 2. The molecular weight excluding hydrogens is 312 g/mol. The van der Waals surface area contributed by atoms with Gasteiger partial charge in [0.05, 0.1) is 11.0 Å². The van der Waals surface area contributed by atoms with Crippen LogP contribution in [0.25, 0.3) is 11.0 Å². The molecule has 0 saturated heterocycles. The Morgan fingerprint density at radius 2 is 1.96 bits per heavy atom. The molecule has 2 aromatic carbocycles. The predicted molar refractivity (Wildman–Crippen MR) is 89.5 cm³/mol. The average molecular weight is 329 g/mol. The molecule has 0 radical (unpaired) electrons. The van der Waals surface area contributed by atoms with Crippen LogP contribution in [0.3, 0.4) is 0 Å². The molecule has 0 bridgehead atoms. The summed E-state index contributed by atoms with van der Waals surface area (Å²) in [5.74, 6) is -0.339. The second-order valence-electron chi connectivity index (χ2n) is 5.89. The molecule has 1 amide bonds. The lowest BCUT2D eigenvalue weighted by Gasteiger charge is -2.09. The minimum Gasteiger partial charge on any atom is -0.337 e. The summed E-state index contributed by atoms with van der Waals surface area (Å²) in [6.07, 6.45) is -2.67. The summed E-state index contributed by atoms with van der Waals surface area (Å²) >= 11 is 0. The second-order valence-corrected chi connectivity index (χ2v) is 5.89. The van der Waals surface area contributed by atoms with E-state index in [4.69, 9.17) is 0 Å². The van der Waals surface area contributed by atoms with E-state index in [9.17, 15) is 13.6 Å². The Hall–Kier alpha value is -2.76. The third-order valence-electron chi connectivity index (χ3n) is 3.78. The summed E-state index contributed by atoms with van der Waals surface area (Å²) in [7, 11) is 0. The highest BCUT2D eigenvalue weighted by molar-refractivity contribution is 6.05. The van der Waals surface area contributed by atoms with Crippen molar-refractivity contribution in [3.8, 4) is 0 Å². The Morgan fingerprint density at radius 3 is 2.67 bits per heavy atom. The Kier molecular flexibility index (Phi) is 4.29. The predicted octanol–water partition coefficient (Wildman–Crippen LogP) is 4.88. The van der Waals surface area contributed by atoms with E-state index in [1.807, 2.05) is 24.3 Å². The average Bonchev–Trinajstić information content (AvgIpc) is 2.98. The van der Waals surface area contributed by atoms with Crippen LogP contribution in [-0.2, 0) is 0 Å². The van der Waals surface area contributed by atoms with Crippen LogP contribution in [0, 0.1) is 0 Å². The number of alkyl halides is 2. The van der Waals surface area contributed by atoms with Crippen LogP contribution >= 0.6 is 0 Å². The molecule has 0 saturated carbocycles. The first kappa shape index (κ1) is 16.1. The highest BCUT2D eigenvalue weighted by Gasteiger charge is 2.14. The largest absolute Gasteiger partial charge is 0.337 e. The lowest BCUT2D eigenvalue weighted by Crippen LogP contribution is -2.12. The highest BCUT2D eigenvalue weighted by Crippen LogP contribution is 2.22. The third-order valence-corrected chi connectivity index (χ3v) is 3.78. The Bertz CT molecular complexity index is 887. The van der Waals surface area contributed by atoms with Gasteiger partial charge in [0.2, 0.25) is 0 Å². The van der Waals surface area contributed by atoms with E-state index in [-0.39, 0.29) is 5.91 Å². The number of anilines is 1. The summed E-state index contributed by atoms with van der Waals surface area (Å²) in [4.78, 5) is 18.7. The van der Waals surface area contributed by atoms with Crippen molar-refractivity contribution in [1.82, 2.24) is 9.97 Å². The fraction of sp³-hybridized carbons (Fsp3) is 0.222. The summed E-state index contributed by atoms with van der Waals surface area (Å²) in [6.45, 7) is 4.15. The molecule has 6 heteroatoms. The molecule has 0 aliphatic rings. The zero-order valence-electron chi connectivity index (χ0n) is 13.3. The van der Waals surface area contributed by atoms with Gasteiger partial charge in [0.15, 0.2) is 5.82 Å². The molecule has 4 nitrogen and oxygen atoms in total. The van der Waals surface area contributed by atoms with Crippen molar-refractivity contribution in [1.29, 1.82) is 0 Å². The van der Waals surface area contributed by atoms with Crippen LogP contribution in [0.2, 0.25) is 0 Å². The maximum atomic E-state index is 12.7. The number of amides is 1. The molecule has 124 valence electrons. The first-order valence-electron chi connectivity index (χ1n) is 7.63. The number of imidazole rings is 1. The van der Waals surface area contributed by atoms with Gasteiger partial charge in [-0.25, -0.2) is 13.8 Å². The van der Waals surface area contributed by atoms with Crippen LogP contribution in [0.15, 0.2) is 42.5 Å². The minimum absolute atomic E-state index is 0.300. The Balaban J connectivity index is 1.84. The van der Waals surface area contributed by atoms with Crippen molar-refractivity contribution in [3.63, 3.8) is 0 Å². The van der Waals surface area contributed by atoms with Crippen molar-refractivity contribution < 1.29 is 13.6 Å². The van der Waals surface area contributed by atoms with Crippen molar-refractivity contribution in [2.45, 2.75) is 26.2 Å². The molecule has 1 aromatic heterocycles. The normalized spacial score (nSPS) is 11.4.